The molecule has 128 valence electrons. The van der Waals surface area contributed by atoms with Crippen molar-refractivity contribution in [3.8, 4) is 0 Å². The van der Waals surface area contributed by atoms with Gasteiger partial charge in [-0.05, 0) is 30.3 Å². The van der Waals surface area contributed by atoms with Gasteiger partial charge >= 0.3 is 0 Å². The smallest absolute Gasteiger partial charge is 0.293 e. The topological polar surface area (TPSA) is 101 Å². The van der Waals surface area contributed by atoms with Gasteiger partial charge in [-0.3, -0.25) is 10.1 Å². The molecule has 9 heteroatoms. The number of nitro groups is 1. The normalized spacial score (nSPS) is 11.2. The van der Waals surface area contributed by atoms with Crippen molar-refractivity contribution in [1.82, 2.24) is 4.72 Å². The number of nitrogens with zero attached hydrogens (tertiary/aromatic N) is 1. The number of rotatable bonds is 7. The average molecular weight is 414 g/mol. The second kappa shape index (κ2) is 7.73. The van der Waals surface area contributed by atoms with Crippen molar-refractivity contribution < 1.29 is 13.3 Å². The molecule has 0 aliphatic heterocycles. The summed E-state index contributed by atoms with van der Waals surface area (Å²) in [6.07, 6.45) is 0. The van der Waals surface area contributed by atoms with E-state index in [2.05, 4.69) is 26.0 Å². The van der Waals surface area contributed by atoms with E-state index >= 15 is 0 Å². The second-order valence-electron chi connectivity index (χ2n) is 5.05. The lowest BCUT2D eigenvalue weighted by Crippen LogP contribution is -2.20. The van der Waals surface area contributed by atoms with Gasteiger partial charge in [0.15, 0.2) is 0 Å². The largest absolute Gasteiger partial charge is 0.375 e. The van der Waals surface area contributed by atoms with Crippen molar-refractivity contribution in [2.24, 2.45) is 0 Å². The predicted molar refractivity (Wildman–Crippen MR) is 96.2 cm³/mol. The van der Waals surface area contributed by atoms with E-state index in [9.17, 15) is 18.5 Å². The van der Waals surface area contributed by atoms with Crippen molar-refractivity contribution in [3.63, 3.8) is 0 Å². The zero-order valence-corrected chi connectivity index (χ0v) is 15.2. The fourth-order valence-electron chi connectivity index (χ4n) is 2.05. The molecule has 0 radical (unpaired) electrons. The summed E-state index contributed by atoms with van der Waals surface area (Å²) < 4.78 is 25.9. The van der Waals surface area contributed by atoms with E-state index in [0.29, 0.717) is 22.3 Å². The summed E-state index contributed by atoms with van der Waals surface area (Å²) in [5.41, 5.74) is 1.96. The molecule has 0 unspecified atom stereocenters. The third-order valence-corrected chi connectivity index (χ3v) is 5.16. The van der Waals surface area contributed by atoms with Crippen LogP contribution in [-0.2, 0) is 22.3 Å². The molecule has 0 fully saturated rings. The lowest BCUT2D eigenvalue weighted by Gasteiger charge is -2.09. The Morgan fingerprint density at radius 3 is 2.33 bits per heavy atom. The van der Waals surface area contributed by atoms with Gasteiger partial charge in [0, 0.05) is 17.1 Å². The molecule has 0 bridgehead atoms. The lowest BCUT2D eigenvalue weighted by atomic mass is 10.1. The summed E-state index contributed by atoms with van der Waals surface area (Å²) in [5, 5.41) is 14.1. The van der Waals surface area contributed by atoms with E-state index < -0.39 is 14.9 Å². The Hall–Kier alpha value is -1.97. The first kappa shape index (κ1) is 18.4. The van der Waals surface area contributed by atoms with Gasteiger partial charge in [0.2, 0.25) is 10.0 Å². The average Bonchev–Trinajstić information content (AvgIpc) is 2.54. The van der Waals surface area contributed by atoms with Crippen LogP contribution in [0.1, 0.15) is 11.1 Å². The van der Waals surface area contributed by atoms with Crippen LogP contribution in [0, 0.1) is 10.1 Å². The minimum atomic E-state index is -3.30. The zero-order valence-electron chi connectivity index (χ0n) is 12.8. The fraction of sp³-hybridized carbons (Fsp3) is 0.200. The second-order valence-corrected chi connectivity index (χ2v) is 7.89. The predicted octanol–water partition coefficient (Wildman–Crippen LogP) is 3.02. The van der Waals surface area contributed by atoms with Gasteiger partial charge in [-0.25, -0.2) is 13.1 Å². The summed E-state index contributed by atoms with van der Waals surface area (Å²) in [6.45, 7) is 0.390. The third kappa shape index (κ3) is 5.02. The van der Waals surface area contributed by atoms with Crippen molar-refractivity contribution >= 4 is 37.3 Å². The maximum atomic E-state index is 11.5. The highest BCUT2D eigenvalue weighted by atomic mass is 79.9. The number of hydrogen-bond donors (Lipinski definition) is 2. The van der Waals surface area contributed by atoms with Gasteiger partial charge in [0.1, 0.15) is 5.69 Å². The number of anilines is 1. The van der Waals surface area contributed by atoms with Gasteiger partial charge < -0.3 is 5.32 Å². The quantitative estimate of drug-likeness (QED) is 0.536. The van der Waals surface area contributed by atoms with E-state index in [1.165, 1.54) is 13.1 Å². The number of nitro benzene ring substituents is 1. The monoisotopic (exact) mass is 413 g/mol. The van der Waals surface area contributed by atoms with E-state index in [1.54, 1.807) is 36.4 Å². The Kier molecular flexibility index (Phi) is 5.92. The number of hydrogen-bond acceptors (Lipinski definition) is 5. The first-order chi connectivity index (χ1) is 11.3. The third-order valence-electron chi connectivity index (χ3n) is 3.33. The highest BCUT2D eigenvalue weighted by molar-refractivity contribution is 9.10. The molecular weight excluding hydrogens is 398 g/mol. The first-order valence-electron chi connectivity index (χ1n) is 6.97. The molecule has 2 aromatic rings. The molecule has 0 amide bonds. The molecule has 0 heterocycles. The Morgan fingerprint density at radius 2 is 1.75 bits per heavy atom. The molecule has 0 aromatic heterocycles. The summed E-state index contributed by atoms with van der Waals surface area (Å²) in [6, 6.07) is 11.8. The van der Waals surface area contributed by atoms with Gasteiger partial charge in [0.25, 0.3) is 5.69 Å². The van der Waals surface area contributed by atoms with Crippen molar-refractivity contribution in [2.75, 3.05) is 12.4 Å². The zero-order chi connectivity index (χ0) is 17.7. The van der Waals surface area contributed by atoms with E-state index in [0.717, 1.165) is 5.56 Å². The van der Waals surface area contributed by atoms with E-state index in [1.807, 2.05) is 0 Å². The molecule has 0 aliphatic carbocycles. The van der Waals surface area contributed by atoms with Crippen LogP contribution in [0.4, 0.5) is 11.4 Å². The highest BCUT2D eigenvalue weighted by Crippen LogP contribution is 2.28. The SMILES string of the molecule is CNS(=O)(=O)Cc1ccc(CNc2ccc(Br)cc2[N+](=O)[O-])cc1. The Labute approximate surface area is 148 Å². The van der Waals surface area contributed by atoms with Crippen LogP contribution in [-0.4, -0.2) is 20.4 Å². The first-order valence-corrected chi connectivity index (χ1v) is 9.42. The van der Waals surface area contributed by atoms with Crippen LogP contribution in [0.3, 0.4) is 0 Å². The van der Waals surface area contributed by atoms with E-state index in [-0.39, 0.29) is 11.4 Å². The molecular formula is C15H16BrN3O4S. The minimum absolute atomic E-state index is 0.0129. The molecule has 2 aromatic carbocycles. The molecule has 0 spiro atoms. The van der Waals surface area contributed by atoms with Crippen LogP contribution >= 0.6 is 15.9 Å². The summed E-state index contributed by atoms with van der Waals surface area (Å²) in [7, 11) is -1.93. The van der Waals surface area contributed by atoms with Gasteiger partial charge in [0.05, 0.1) is 10.7 Å². The van der Waals surface area contributed by atoms with Crippen LogP contribution in [0.5, 0.6) is 0 Å². The number of nitrogens with one attached hydrogen (secondary N) is 2. The van der Waals surface area contributed by atoms with Crippen LogP contribution < -0.4 is 10.0 Å². The maximum absolute atomic E-state index is 11.5. The number of sulfonamides is 1. The molecule has 0 atom stereocenters. The standard InChI is InChI=1S/C15H16BrN3O4S/c1-17-24(22,23)10-12-4-2-11(3-5-12)9-18-14-7-6-13(16)8-15(14)19(20)21/h2-8,17-18H,9-10H2,1H3. The van der Waals surface area contributed by atoms with Gasteiger partial charge in [-0.15, -0.1) is 0 Å². The van der Waals surface area contributed by atoms with Crippen LogP contribution in [0.25, 0.3) is 0 Å². The lowest BCUT2D eigenvalue weighted by molar-refractivity contribution is -0.384. The van der Waals surface area contributed by atoms with Gasteiger partial charge in [-0.1, -0.05) is 40.2 Å². The van der Waals surface area contributed by atoms with Crippen molar-refractivity contribution in [1.29, 1.82) is 0 Å². The molecule has 2 rings (SSSR count). The minimum Gasteiger partial charge on any atom is -0.375 e. The Balaban J connectivity index is 2.07. The van der Waals surface area contributed by atoms with Crippen molar-refractivity contribution in [2.45, 2.75) is 12.3 Å². The van der Waals surface area contributed by atoms with E-state index in [4.69, 9.17) is 0 Å². The van der Waals surface area contributed by atoms with Crippen molar-refractivity contribution in [3.05, 3.63) is 68.2 Å². The molecule has 2 N–H and O–H groups in total. The van der Waals surface area contributed by atoms with Crippen LogP contribution in [0.2, 0.25) is 0 Å². The fourth-order valence-corrected chi connectivity index (χ4v) is 3.17. The summed E-state index contributed by atoms with van der Waals surface area (Å²) in [5.74, 6) is -0.0879. The molecule has 0 saturated heterocycles. The maximum Gasteiger partial charge on any atom is 0.293 e. The van der Waals surface area contributed by atoms with Gasteiger partial charge in [-0.2, -0.15) is 0 Å². The molecule has 7 nitrogen and oxygen atoms in total. The number of halogens is 1. The highest BCUT2D eigenvalue weighted by Gasteiger charge is 2.14. The molecule has 0 saturated carbocycles. The number of benzene rings is 2. The Morgan fingerprint density at radius 1 is 1.12 bits per heavy atom. The molecule has 24 heavy (non-hydrogen) atoms. The Bertz CT molecular complexity index is 838. The summed E-state index contributed by atoms with van der Waals surface area (Å²) in [4.78, 5) is 10.6. The molecule has 0 aliphatic rings. The summed E-state index contributed by atoms with van der Waals surface area (Å²) >= 11 is 3.21. The van der Waals surface area contributed by atoms with Crippen LogP contribution in [0.15, 0.2) is 46.9 Å².